The van der Waals surface area contributed by atoms with Crippen LogP contribution in [0.3, 0.4) is 0 Å². The van der Waals surface area contributed by atoms with E-state index in [-0.39, 0.29) is 12.5 Å². The molecule has 0 saturated heterocycles. The number of hydrogen-bond acceptors (Lipinski definition) is 3. The summed E-state index contributed by atoms with van der Waals surface area (Å²) in [7, 11) is 1.81. The van der Waals surface area contributed by atoms with Gasteiger partial charge >= 0.3 is 0 Å². The molecule has 1 aliphatic carbocycles. The van der Waals surface area contributed by atoms with Gasteiger partial charge in [-0.3, -0.25) is 4.79 Å². The molecular weight excluding hydrogens is 282 g/mol. The van der Waals surface area contributed by atoms with E-state index in [1.165, 1.54) is 22.4 Å². The highest BCUT2D eigenvalue weighted by Crippen LogP contribution is 2.26. The van der Waals surface area contributed by atoms with E-state index in [0.29, 0.717) is 6.54 Å². The van der Waals surface area contributed by atoms with Crippen LogP contribution in [0.1, 0.15) is 22.4 Å². The second-order valence-electron chi connectivity index (χ2n) is 5.40. The zero-order valence-corrected chi connectivity index (χ0v) is 13.0. The second kappa shape index (κ2) is 6.31. The van der Waals surface area contributed by atoms with Gasteiger partial charge in [-0.15, -0.1) is 11.3 Å². The largest absolute Gasteiger partial charge is 0.484 e. The Bertz CT molecular complexity index is 622. The third-order valence-corrected chi connectivity index (χ3v) is 4.69. The Kier molecular flexibility index (Phi) is 4.25. The number of thiophene rings is 1. The molecule has 1 aliphatic rings. The number of aryl methyl sites for hydroxylation is 2. The first kappa shape index (κ1) is 14.1. The molecular formula is C17H19NO2S. The molecule has 0 atom stereocenters. The smallest absolute Gasteiger partial charge is 0.260 e. The number of nitrogens with zero attached hydrogens (tertiary/aromatic N) is 1. The van der Waals surface area contributed by atoms with Gasteiger partial charge in [0.15, 0.2) is 6.61 Å². The minimum absolute atomic E-state index is 0.00361. The summed E-state index contributed by atoms with van der Waals surface area (Å²) in [6.45, 7) is 0.741. The van der Waals surface area contributed by atoms with Crippen molar-refractivity contribution in [1.82, 2.24) is 4.90 Å². The third kappa shape index (κ3) is 3.45. The van der Waals surface area contributed by atoms with E-state index in [1.54, 1.807) is 16.2 Å². The zero-order chi connectivity index (χ0) is 14.7. The van der Waals surface area contributed by atoms with Gasteiger partial charge in [-0.05, 0) is 54.0 Å². The molecule has 21 heavy (non-hydrogen) atoms. The van der Waals surface area contributed by atoms with Gasteiger partial charge in [0.2, 0.25) is 0 Å². The van der Waals surface area contributed by atoms with Crippen molar-refractivity contribution in [3.63, 3.8) is 0 Å². The Balaban J connectivity index is 1.53. The summed E-state index contributed by atoms with van der Waals surface area (Å²) in [4.78, 5) is 15.0. The van der Waals surface area contributed by atoms with Crippen LogP contribution in [0, 0.1) is 0 Å². The predicted molar refractivity (Wildman–Crippen MR) is 84.8 cm³/mol. The van der Waals surface area contributed by atoms with Gasteiger partial charge in [-0.25, -0.2) is 0 Å². The fraction of sp³-hybridized carbons (Fsp3) is 0.353. The fourth-order valence-electron chi connectivity index (χ4n) is 2.62. The maximum atomic E-state index is 12.1. The quantitative estimate of drug-likeness (QED) is 0.848. The number of benzene rings is 1. The Morgan fingerprint density at radius 1 is 1.29 bits per heavy atom. The number of fused-ring (bicyclic) bond motifs is 1. The van der Waals surface area contributed by atoms with Crippen LogP contribution in [-0.4, -0.2) is 24.5 Å². The van der Waals surface area contributed by atoms with Crippen LogP contribution >= 0.6 is 11.3 Å². The van der Waals surface area contributed by atoms with E-state index in [1.807, 2.05) is 30.6 Å². The van der Waals surface area contributed by atoms with E-state index < -0.39 is 0 Å². The van der Waals surface area contributed by atoms with E-state index >= 15 is 0 Å². The molecule has 0 bridgehead atoms. The van der Waals surface area contributed by atoms with Crippen molar-refractivity contribution in [1.29, 1.82) is 0 Å². The molecule has 1 amide bonds. The highest BCUT2D eigenvalue weighted by atomic mass is 32.1. The lowest BCUT2D eigenvalue weighted by Gasteiger charge is -2.16. The van der Waals surface area contributed by atoms with Crippen LogP contribution in [0.5, 0.6) is 5.75 Å². The van der Waals surface area contributed by atoms with Crippen molar-refractivity contribution in [2.75, 3.05) is 13.7 Å². The van der Waals surface area contributed by atoms with Gasteiger partial charge in [-0.2, -0.15) is 0 Å². The number of hydrogen-bond donors (Lipinski definition) is 0. The lowest BCUT2D eigenvalue weighted by Crippen LogP contribution is -2.30. The minimum Gasteiger partial charge on any atom is -0.484 e. The van der Waals surface area contributed by atoms with Gasteiger partial charge in [0.1, 0.15) is 5.75 Å². The van der Waals surface area contributed by atoms with Crippen LogP contribution in [0.25, 0.3) is 0 Å². The van der Waals surface area contributed by atoms with Crippen LogP contribution in [0.4, 0.5) is 0 Å². The van der Waals surface area contributed by atoms with Crippen molar-refractivity contribution < 1.29 is 9.53 Å². The first-order valence-corrected chi connectivity index (χ1v) is 8.11. The van der Waals surface area contributed by atoms with Crippen molar-refractivity contribution >= 4 is 17.2 Å². The van der Waals surface area contributed by atoms with Gasteiger partial charge in [0.25, 0.3) is 5.91 Å². The molecule has 0 saturated carbocycles. The molecule has 3 rings (SSSR count). The van der Waals surface area contributed by atoms with Crippen molar-refractivity contribution in [3.8, 4) is 5.75 Å². The molecule has 0 radical (unpaired) electrons. The second-order valence-corrected chi connectivity index (χ2v) is 6.43. The SMILES string of the molecule is CN(Cc1cccs1)C(=O)COc1ccc2c(c1)CCC2. The lowest BCUT2D eigenvalue weighted by molar-refractivity contribution is -0.132. The van der Waals surface area contributed by atoms with E-state index in [9.17, 15) is 4.79 Å². The molecule has 3 nitrogen and oxygen atoms in total. The van der Waals surface area contributed by atoms with Crippen molar-refractivity contribution in [3.05, 3.63) is 51.7 Å². The summed E-state index contributed by atoms with van der Waals surface area (Å²) < 4.78 is 5.65. The number of rotatable bonds is 5. The Morgan fingerprint density at radius 2 is 2.14 bits per heavy atom. The number of carbonyl (C=O) groups is 1. The topological polar surface area (TPSA) is 29.5 Å². The molecule has 1 heterocycles. The monoisotopic (exact) mass is 301 g/mol. The maximum Gasteiger partial charge on any atom is 0.260 e. The molecule has 4 heteroatoms. The Labute approximate surface area is 129 Å². The van der Waals surface area contributed by atoms with E-state index in [2.05, 4.69) is 12.1 Å². The number of carbonyl (C=O) groups excluding carboxylic acids is 1. The highest BCUT2D eigenvalue weighted by molar-refractivity contribution is 7.09. The van der Waals surface area contributed by atoms with Crippen molar-refractivity contribution in [2.24, 2.45) is 0 Å². The number of ether oxygens (including phenoxy) is 1. The van der Waals surface area contributed by atoms with Crippen molar-refractivity contribution in [2.45, 2.75) is 25.8 Å². The number of amides is 1. The number of likely N-dealkylation sites (N-methyl/N-ethyl adjacent to an activating group) is 1. The first-order valence-electron chi connectivity index (χ1n) is 7.23. The van der Waals surface area contributed by atoms with Gasteiger partial charge in [0, 0.05) is 11.9 Å². The molecule has 0 fully saturated rings. The highest BCUT2D eigenvalue weighted by Gasteiger charge is 2.13. The summed E-state index contributed by atoms with van der Waals surface area (Å²) in [6, 6.07) is 10.2. The summed E-state index contributed by atoms with van der Waals surface area (Å²) in [5.74, 6) is 0.803. The molecule has 0 N–H and O–H groups in total. The van der Waals surface area contributed by atoms with Gasteiger partial charge in [-0.1, -0.05) is 12.1 Å². The molecule has 0 aliphatic heterocycles. The molecule has 0 spiro atoms. The molecule has 2 aromatic rings. The van der Waals surface area contributed by atoms with Crippen LogP contribution in [-0.2, 0) is 24.2 Å². The first-order chi connectivity index (χ1) is 10.2. The van der Waals surface area contributed by atoms with Crippen LogP contribution in [0.2, 0.25) is 0 Å². The Morgan fingerprint density at radius 3 is 2.95 bits per heavy atom. The summed E-state index contributed by atoms with van der Waals surface area (Å²) in [5.41, 5.74) is 2.79. The average Bonchev–Trinajstić information content (AvgIpc) is 3.14. The predicted octanol–water partition coefficient (Wildman–Crippen LogP) is 3.27. The Hall–Kier alpha value is -1.81. The molecule has 110 valence electrons. The average molecular weight is 301 g/mol. The maximum absolute atomic E-state index is 12.1. The molecule has 1 aromatic heterocycles. The molecule has 1 aromatic carbocycles. The third-order valence-electron chi connectivity index (χ3n) is 3.83. The molecule has 0 unspecified atom stereocenters. The standard InChI is InChI=1S/C17H19NO2S/c1-18(11-16-6-3-9-21-16)17(19)12-20-15-8-7-13-4-2-5-14(13)10-15/h3,6-10H,2,4-5,11-12H2,1H3. The van der Waals surface area contributed by atoms with Crippen LogP contribution < -0.4 is 4.74 Å². The van der Waals surface area contributed by atoms with Gasteiger partial charge < -0.3 is 9.64 Å². The van der Waals surface area contributed by atoms with E-state index in [4.69, 9.17) is 4.74 Å². The van der Waals surface area contributed by atoms with Gasteiger partial charge in [0.05, 0.1) is 6.54 Å². The van der Waals surface area contributed by atoms with E-state index in [0.717, 1.165) is 18.6 Å². The lowest BCUT2D eigenvalue weighted by atomic mass is 10.1. The summed E-state index contributed by atoms with van der Waals surface area (Å²) in [5, 5.41) is 2.02. The zero-order valence-electron chi connectivity index (χ0n) is 12.2. The van der Waals surface area contributed by atoms with Crippen LogP contribution in [0.15, 0.2) is 35.7 Å². The normalized spacial score (nSPS) is 13.0. The fourth-order valence-corrected chi connectivity index (χ4v) is 3.37. The summed E-state index contributed by atoms with van der Waals surface area (Å²) in [6.07, 6.45) is 3.51. The minimum atomic E-state index is 0.00361. The summed E-state index contributed by atoms with van der Waals surface area (Å²) >= 11 is 1.66.